The van der Waals surface area contributed by atoms with Gasteiger partial charge in [0.25, 0.3) is 0 Å². The minimum absolute atomic E-state index is 0.148. The van der Waals surface area contributed by atoms with Crippen LogP contribution in [0.3, 0.4) is 0 Å². The first-order chi connectivity index (χ1) is 9.61. The lowest BCUT2D eigenvalue weighted by Gasteiger charge is -2.24. The van der Waals surface area contributed by atoms with Crippen molar-refractivity contribution in [1.82, 2.24) is 5.32 Å². The van der Waals surface area contributed by atoms with Crippen LogP contribution in [0.15, 0.2) is 18.2 Å². The first kappa shape index (κ1) is 17.8. The maximum Gasteiger partial charge on any atom is 0.416 e. The Morgan fingerprint density at radius 1 is 1.14 bits per heavy atom. The van der Waals surface area contributed by atoms with E-state index in [1.165, 1.54) is 6.07 Å². The van der Waals surface area contributed by atoms with Gasteiger partial charge < -0.3 is 10.2 Å². The van der Waals surface area contributed by atoms with Crippen LogP contribution in [0.2, 0.25) is 0 Å². The second-order valence-corrected chi connectivity index (χ2v) is 6.15. The molecule has 0 spiro atoms. The Bertz CT molecular complexity index is 453. The zero-order valence-corrected chi connectivity index (χ0v) is 13.4. The van der Waals surface area contributed by atoms with E-state index < -0.39 is 11.7 Å². The predicted octanol–water partition coefficient (Wildman–Crippen LogP) is 4.30. The lowest BCUT2D eigenvalue weighted by Crippen LogP contribution is -2.25. The summed E-state index contributed by atoms with van der Waals surface area (Å²) in [4.78, 5) is 1.86. The molecule has 0 radical (unpaired) electrons. The molecule has 2 nitrogen and oxygen atoms in total. The Morgan fingerprint density at radius 2 is 1.76 bits per heavy atom. The molecule has 0 saturated heterocycles. The van der Waals surface area contributed by atoms with Gasteiger partial charge >= 0.3 is 6.18 Å². The SMILES string of the molecule is CC(C)CN(C)c1ccc(CNC(C)C)c(C(F)(F)F)c1. The quantitative estimate of drug-likeness (QED) is 0.843. The molecule has 1 aromatic rings. The number of rotatable bonds is 6. The molecule has 0 heterocycles. The summed E-state index contributed by atoms with van der Waals surface area (Å²) in [5.41, 5.74) is 0.339. The van der Waals surface area contributed by atoms with Gasteiger partial charge in [0.05, 0.1) is 5.56 Å². The molecule has 21 heavy (non-hydrogen) atoms. The Kier molecular flexibility index (Phi) is 6.08. The van der Waals surface area contributed by atoms with Gasteiger partial charge in [-0.05, 0) is 23.6 Å². The molecule has 0 atom stereocenters. The highest BCUT2D eigenvalue weighted by atomic mass is 19.4. The zero-order chi connectivity index (χ0) is 16.2. The van der Waals surface area contributed by atoms with Crippen molar-refractivity contribution in [3.8, 4) is 0 Å². The lowest BCUT2D eigenvalue weighted by molar-refractivity contribution is -0.138. The van der Waals surface area contributed by atoms with Gasteiger partial charge in [0.15, 0.2) is 0 Å². The number of nitrogens with one attached hydrogen (secondary N) is 1. The number of halogens is 3. The number of hydrogen-bond donors (Lipinski definition) is 1. The number of anilines is 1. The third kappa shape index (κ3) is 5.58. The average Bonchev–Trinajstić information content (AvgIpc) is 2.34. The van der Waals surface area contributed by atoms with Crippen LogP contribution in [-0.4, -0.2) is 19.6 Å². The zero-order valence-electron chi connectivity index (χ0n) is 13.4. The topological polar surface area (TPSA) is 15.3 Å². The standard InChI is InChI=1S/C16H25F3N2/c1-11(2)10-21(5)14-7-6-13(9-20-12(3)4)15(8-14)16(17,18)19/h6-8,11-12,20H,9-10H2,1-5H3. The van der Waals surface area contributed by atoms with Gasteiger partial charge in [-0.15, -0.1) is 0 Å². The van der Waals surface area contributed by atoms with Crippen molar-refractivity contribution >= 4 is 5.69 Å². The van der Waals surface area contributed by atoms with Crippen LogP contribution in [0.5, 0.6) is 0 Å². The van der Waals surface area contributed by atoms with Crippen LogP contribution in [0.4, 0.5) is 18.9 Å². The summed E-state index contributed by atoms with van der Waals surface area (Å²) in [7, 11) is 1.82. The van der Waals surface area contributed by atoms with Crippen molar-refractivity contribution in [3.05, 3.63) is 29.3 Å². The van der Waals surface area contributed by atoms with Crippen molar-refractivity contribution < 1.29 is 13.2 Å². The summed E-state index contributed by atoms with van der Waals surface area (Å²) < 4.78 is 39.7. The first-order valence-electron chi connectivity index (χ1n) is 7.26. The van der Waals surface area contributed by atoms with E-state index in [1.807, 2.05) is 39.6 Å². The molecule has 1 rings (SSSR count). The largest absolute Gasteiger partial charge is 0.416 e. The number of alkyl halides is 3. The van der Waals surface area contributed by atoms with Crippen LogP contribution in [0, 0.1) is 5.92 Å². The van der Waals surface area contributed by atoms with Gasteiger partial charge in [-0.3, -0.25) is 0 Å². The molecule has 0 aliphatic carbocycles. The van der Waals surface area contributed by atoms with E-state index in [1.54, 1.807) is 12.1 Å². The molecule has 0 aliphatic rings. The fraction of sp³-hybridized carbons (Fsp3) is 0.625. The Labute approximate surface area is 125 Å². The molecule has 0 aliphatic heterocycles. The number of hydrogen-bond acceptors (Lipinski definition) is 2. The lowest BCUT2D eigenvalue weighted by atomic mass is 10.0. The molecule has 5 heteroatoms. The molecule has 0 aromatic heterocycles. The maximum absolute atomic E-state index is 13.2. The number of benzene rings is 1. The fourth-order valence-electron chi connectivity index (χ4n) is 2.19. The highest BCUT2D eigenvalue weighted by Crippen LogP contribution is 2.34. The number of nitrogens with zero attached hydrogens (tertiary/aromatic N) is 1. The molecule has 0 fully saturated rings. The van der Waals surface area contributed by atoms with Crippen LogP contribution in [0.25, 0.3) is 0 Å². The summed E-state index contributed by atoms with van der Waals surface area (Å²) in [6, 6.07) is 4.73. The van der Waals surface area contributed by atoms with E-state index in [4.69, 9.17) is 0 Å². The molecular formula is C16H25F3N2. The van der Waals surface area contributed by atoms with E-state index in [9.17, 15) is 13.2 Å². The highest BCUT2D eigenvalue weighted by molar-refractivity contribution is 5.51. The first-order valence-corrected chi connectivity index (χ1v) is 7.26. The van der Waals surface area contributed by atoms with Crippen molar-refractivity contribution in [2.75, 3.05) is 18.5 Å². The predicted molar refractivity (Wildman–Crippen MR) is 81.5 cm³/mol. The van der Waals surface area contributed by atoms with E-state index in [0.717, 1.165) is 6.54 Å². The average molecular weight is 302 g/mol. The molecule has 0 amide bonds. The van der Waals surface area contributed by atoms with Crippen molar-refractivity contribution in [2.24, 2.45) is 5.92 Å². The molecule has 0 unspecified atom stereocenters. The van der Waals surface area contributed by atoms with Gasteiger partial charge in [-0.25, -0.2) is 0 Å². The monoisotopic (exact) mass is 302 g/mol. The summed E-state index contributed by atoms with van der Waals surface area (Å²) in [6.07, 6.45) is -4.33. The fourth-order valence-corrected chi connectivity index (χ4v) is 2.19. The second kappa shape index (κ2) is 7.16. The van der Waals surface area contributed by atoms with Crippen molar-refractivity contribution in [2.45, 2.75) is 46.5 Å². The van der Waals surface area contributed by atoms with E-state index in [2.05, 4.69) is 5.32 Å². The molecule has 1 N–H and O–H groups in total. The molecule has 0 saturated carbocycles. The molecular weight excluding hydrogens is 277 g/mol. The molecule has 1 aromatic carbocycles. The second-order valence-electron chi connectivity index (χ2n) is 6.15. The third-order valence-corrected chi connectivity index (χ3v) is 3.18. The van der Waals surface area contributed by atoms with E-state index in [-0.39, 0.29) is 18.2 Å². The van der Waals surface area contributed by atoms with Gasteiger partial charge in [0.1, 0.15) is 0 Å². The minimum Gasteiger partial charge on any atom is -0.374 e. The van der Waals surface area contributed by atoms with Gasteiger partial charge in [0.2, 0.25) is 0 Å². The summed E-state index contributed by atoms with van der Waals surface area (Å²) in [5, 5.41) is 3.04. The summed E-state index contributed by atoms with van der Waals surface area (Å²) in [5.74, 6) is 0.395. The van der Waals surface area contributed by atoms with Crippen LogP contribution in [0.1, 0.15) is 38.8 Å². The van der Waals surface area contributed by atoms with Crippen molar-refractivity contribution in [1.29, 1.82) is 0 Å². The highest BCUT2D eigenvalue weighted by Gasteiger charge is 2.33. The van der Waals surface area contributed by atoms with E-state index >= 15 is 0 Å². The summed E-state index contributed by atoms with van der Waals surface area (Å²) in [6.45, 7) is 8.86. The molecule has 120 valence electrons. The van der Waals surface area contributed by atoms with E-state index in [0.29, 0.717) is 11.6 Å². The van der Waals surface area contributed by atoms with Gasteiger partial charge in [0, 0.05) is 31.9 Å². The minimum atomic E-state index is -4.33. The van der Waals surface area contributed by atoms with Crippen LogP contribution in [-0.2, 0) is 12.7 Å². The Morgan fingerprint density at radius 3 is 2.24 bits per heavy atom. The third-order valence-electron chi connectivity index (χ3n) is 3.18. The smallest absolute Gasteiger partial charge is 0.374 e. The Balaban J connectivity index is 3.07. The van der Waals surface area contributed by atoms with Crippen molar-refractivity contribution in [3.63, 3.8) is 0 Å². The van der Waals surface area contributed by atoms with Gasteiger partial charge in [-0.2, -0.15) is 13.2 Å². The molecule has 0 bridgehead atoms. The van der Waals surface area contributed by atoms with Gasteiger partial charge in [-0.1, -0.05) is 33.8 Å². The summed E-state index contributed by atoms with van der Waals surface area (Å²) >= 11 is 0. The van der Waals surface area contributed by atoms with Crippen LogP contribution >= 0.6 is 0 Å². The van der Waals surface area contributed by atoms with Crippen LogP contribution < -0.4 is 10.2 Å². The normalized spacial score (nSPS) is 12.3. The Hall–Kier alpha value is -1.23. The maximum atomic E-state index is 13.2.